The van der Waals surface area contributed by atoms with Gasteiger partial charge < -0.3 is 16.0 Å². The normalized spacial score (nSPS) is 11.7. The molecule has 0 saturated carbocycles. The van der Waals surface area contributed by atoms with E-state index >= 15 is 0 Å². The maximum absolute atomic E-state index is 13.2. The Morgan fingerprint density at radius 2 is 1.50 bits per heavy atom. The number of carbonyl (C=O) groups is 3. The molecule has 1 unspecified atom stereocenters. The molecule has 42 heavy (non-hydrogen) atoms. The van der Waals surface area contributed by atoms with Crippen LogP contribution in [0.25, 0.3) is 6.08 Å². The molecule has 0 aliphatic heterocycles. The Morgan fingerprint density at radius 3 is 2.14 bits per heavy atom. The van der Waals surface area contributed by atoms with E-state index in [4.69, 9.17) is 11.6 Å². The van der Waals surface area contributed by atoms with E-state index in [1.165, 1.54) is 42.1 Å². The summed E-state index contributed by atoms with van der Waals surface area (Å²) in [4.78, 5) is 50.0. The molecule has 3 N–H and O–H groups in total. The van der Waals surface area contributed by atoms with Crippen molar-refractivity contribution in [2.24, 2.45) is 0 Å². The molecule has 3 amide bonds. The van der Waals surface area contributed by atoms with Gasteiger partial charge in [-0.3, -0.25) is 24.5 Å². The van der Waals surface area contributed by atoms with Crippen molar-refractivity contribution in [3.63, 3.8) is 0 Å². The summed E-state index contributed by atoms with van der Waals surface area (Å²) in [5.74, 6) is -1.29. The Kier molecular flexibility index (Phi) is 10.1. The first-order valence-electron chi connectivity index (χ1n) is 12.7. The van der Waals surface area contributed by atoms with Crippen molar-refractivity contribution >= 4 is 64.2 Å². The molecule has 0 aromatic heterocycles. The summed E-state index contributed by atoms with van der Waals surface area (Å²) >= 11 is 7.47. The first kappa shape index (κ1) is 30.0. The fourth-order valence-corrected chi connectivity index (χ4v) is 4.72. The highest BCUT2D eigenvalue weighted by Crippen LogP contribution is 2.27. The molecule has 0 radical (unpaired) electrons. The van der Waals surface area contributed by atoms with E-state index in [0.717, 1.165) is 4.90 Å². The molecule has 0 aliphatic rings. The van der Waals surface area contributed by atoms with Gasteiger partial charge in [-0.1, -0.05) is 41.9 Å². The standard InChI is InChI=1S/C31H25ClN4O5S/c1-20(29(37)34-27-10-6-5-9-26(27)32)42-25-17-13-23(14-18-25)33-31(39)28(35-30(38)22-7-3-2-4-8-22)19-21-11-15-24(16-12-21)36(40)41/h2-20H,1H3,(H,33,39)(H,34,37)(H,35,38)/b28-19-. The van der Waals surface area contributed by atoms with Crippen molar-refractivity contribution in [3.05, 3.63) is 135 Å². The van der Waals surface area contributed by atoms with Gasteiger partial charge in [0.1, 0.15) is 5.70 Å². The number of non-ortho nitro benzene ring substituents is 1. The van der Waals surface area contributed by atoms with Crippen LogP contribution < -0.4 is 16.0 Å². The Balaban J connectivity index is 1.45. The largest absolute Gasteiger partial charge is 0.324 e. The zero-order chi connectivity index (χ0) is 30.1. The summed E-state index contributed by atoms with van der Waals surface area (Å²) in [5, 5.41) is 19.2. The maximum Gasteiger partial charge on any atom is 0.272 e. The van der Waals surface area contributed by atoms with Crippen LogP contribution in [-0.2, 0) is 9.59 Å². The number of nitro groups is 1. The van der Waals surface area contributed by atoms with Crippen LogP contribution >= 0.6 is 23.4 Å². The van der Waals surface area contributed by atoms with Crippen LogP contribution in [0.4, 0.5) is 17.1 Å². The molecule has 0 aliphatic carbocycles. The van der Waals surface area contributed by atoms with E-state index in [1.807, 2.05) is 0 Å². The van der Waals surface area contributed by atoms with Crippen LogP contribution in [0.1, 0.15) is 22.8 Å². The minimum Gasteiger partial charge on any atom is -0.324 e. The molecular weight excluding hydrogens is 576 g/mol. The van der Waals surface area contributed by atoms with Gasteiger partial charge in [0, 0.05) is 28.3 Å². The molecule has 212 valence electrons. The maximum atomic E-state index is 13.2. The molecule has 0 heterocycles. The molecular formula is C31H25ClN4O5S. The van der Waals surface area contributed by atoms with Crippen LogP contribution in [0.5, 0.6) is 0 Å². The molecule has 0 fully saturated rings. The van der Waals surface area contributed by atoms with Gasteiger partial charge in [0.25, 0.3) is 17.5 Å². The fourth-order valence-electron chi connectivity index (χ4n) is 3.67. The number of rotatable bonds is 10. The molecule has 4 rings (SSSR count). The number of hydrogen-bond acceptors (Lipinski definition) is 6. The average Bonchev–Trinajstić information content (AvgIpc) is 2.99. The van der Waals surface area contributed by atoms with Crippen molar-refractivity contribution in [1.82, 2.24) is 5.32 Å². The van der Waals surface area contributed by atoms with Crippen LogP contribution in [0.2, 0.25) is 5.02 Å². The summed E-state index contributed by atoms with van der Waals surface area (Å²) in [6, 6.07) is 27.9. The second-order valence-electron chi connectivity index (χ2n) is 8.93. The van der Waals surface area contributed by atoms with E-state index in [1.54, 1.807) is 85.8 Å². The van der Waals surface area contributed by atoms with Gasteiger partial charge in [-0.25, -0.2) is 0 Å². The summed E-state index contributed by atoms with van der Waals surface area (Å²) in [6.45, 7) is 1.78. The topological polar surface area (TPSA) is 130 Å². The lowest BCUT2D eigenvalue weighted by Crippen LogP contribution is -2.30. The van der Waals surface area contributed by atoms with Crippen molar-refractivity contribution in [2.75, 3.05) is 10.6 Å². The quantitative estimate of drug-likeness (QED) is 0.0796. The third-order valence-electron chi connectivity index (χ3n) is 5.87. The number of para-hydroxylation sites is 1. The van der Waals surface area contributed by atoms with E-state index in [2.05, 4.69) is 16.0 Å². The third kappa shape index (κ3) is 8.29. The number of anilines is 2. The van der Waals surface area contributed by atoms with Crippen molar-refractivity contribution in [1.29, 1.82) is 0 Å². The lowest BCUT2D eigenvalue weighted by molar-refractivity contribution is -0.384. The van der Waals surface area contributed by atoms with Crippen molar-refractivity contribution in [3.8, 4) is 0 Å². The van der Waals surface area contributed by atoms with Crippen molar-refractivity contribution in [2.45, 2.75) is 17.1 Å². The molecule has 0 bridgehead atoms. The van der Waals surface area contributed by atoms with Gasteiger partial charge in [-0.05, 0) is 79.2 Å². The highest BCUT2D eigenvalue weighted by molar-refractivity contribution is 8.00. The van der Waals surface area contributed by atoms with E-state index in [9.17, 15) is 24.5 Å². The predicted octanol–water partition coefficient (Wildman–Crippen LogP) is 6.78. The number of amides is 3. The van der Waals surface area contributed by atoms with Crippen LogP contribution in [0.15, 0.2) is 114 Å². The number of nitro benzene ring substituents is 1. The number of carbonyl (C=O) groups excluding carboxylic acids is 3. The Labute approximate surface area is 251 Å². The van der Waals surface area contributed by atoms with Gasteiger partial charge >= 0.3 is 0 Å². The molecule has 1 atom stereocenters. The summed E-state index contributed by atoms with van der Waals surface area (Å²) < 4.78 is 0. The number of benzene rings is 4. The third-order valence-corrected chi connectivity index (χ3v) is 7.31. The first-order chi connectivity index (χ1) is 20.2. The van der Waals surface area contributed by atoms with Crippen molar-refractivity contribution < 1.29 is 19.3 Å². The monoisotopic (exact) mass is 600 g/mol. The van der Waals surface area contributed by atoms with Gasteiger partial charge in [-0.2, -0.15) is 0 Å². The van der Waals surface area contributed by atoms with Crippen LogP contribution in [-0.4, -0.2) is 27.9 Å². The molecule has 9 nitrogen and oxygen atoms in total. The SMILES string of the molecule is CC(Sc1ccc(NC(=O)/C(=C/c2ccc([N+](=O)[O-])cc2)NC(=O)c2ccccc2)cc1)C(=O)Nc1ccccc1Cl. The Hall–Kier alpha value is -4.93. The first-order valence-corrected chi connectivity index (χ1v) is 13.9. The Morgan fingerprint density at radius 1 is 0.857 bits per heavy atom. The average molecular weight is 601 g/mol. The lowest BCUT2D eigenvalue weighted by Gasteiger charge is -2.14. The highest BCUT2D eigenvalue weighted by Gasteiger charge is 2.18. The molecule has 11 heteroatoms. The fraction of sp³-hybridized carbons (Fsp3) is 0.0645. The van der Waals surface area contributed by atoms with E-state index < -0.39 is 22.0 Å². The minimum atomic E-state index is -0.592. The highest BCUT2D eigenvalue weighted by atomic mass is 35.5. The summed E-state index contributed by atoms with van der Waals surface area (Å²) in [6.07, 6.45) is 1.43. The zero-order valence-electron chi connectivity index (χ0n) is 22.2. The van der Waals surface area contributed by atoms with E-state index in [-0.39, 0.29) is 17.3 Å². The van der Waals surface area contributed by atoms with Gasteiger partial charge in [0.15, 0.2) is 0 Å². The minimum absolute atomic E-state index is 0.0546. The summed E-state index contributed by atoms with van der Waals surface area (Å²) in [5.41, 5.74) is 1.68. The van der Waals surface area contributed by atoms with Gasteiger partial charge in [0.2, 0.25) is 5.91 Å². The second-order valence-corrected chi connectivity index (χ2v) is 10.8. The Bertz CT molecular complexity index is 1630. The smallest absolute Gasteiger partial charge is 0.272 e. The van der Waals surface area contributed by atoms with Gasteiger partial charge in [0.05, 0.1) is 20.9 Å². The zero-order valence-corrected chi connectivity index (χ0v) is 23.8. The number of hydrogen-bond donors (Lipinski definition) is 3. The van der Waals surface area contributed by atoms with E-state index in [0.29, 0.717) is 27.5 Å². The number of halogens is 1. The predicted molar refractivity (Wildman–Crippen MR) is 165 cm³/mol. The lowest BCUT2D eigenvalue weighted by atomic mass is 10.1. The van der Waals surface area contributed by atoms with Crippen LogP contribution in [0, 0.1) is 10.1 Å². The summed E-state index contributed by atoms with van der Waals surface area (Å²) in [7, 11) is 0. The molecule has 4 aromatic carbocycles. The van der Waals surface area contributed by atoms with Gasteiger partial charge in [-0.15, -0.1) is 11.8 Å². The number of nitrogens with zero attached hydrogens (tertiary/aromatic N) is 1. The number of nitrogens with one attached hydrogen (secondary N) is 3. The number of thioether (sulfide) groups is 1. The second kappa shape index (κ2) is 14.1. The molecule has 0 spiro atoms. The molecule has 0 saturated heterocycles. The molecule has 4 aromatic rings. The van der Waals surface area contributed by atoms with Crippen LogP contribution in [0.3, 0.4) is 0 Å².